The molecule has 0 saturated carbocycles. The third-order valence-corrected chi connectivity index (χ3v) is 6.11. The lowest BCUT2D eigenvalue weighted by Gasteiger charge is -2.37. The van der Waals surface area contributed by atoms with Crippen molar-refractivity contribution in [3.63, 3.8) is 0 Å². The van der Waals surface area contributed by atoms with Crippen molar-refractivity contribution in [2.75, 3.05) is 18.6 Å². The molecule has 3 aromatic rings. The predicted molar refractivity (Wildman–Crippen MR) is 109 cm³/mol. The minimum atomic E-state index is 0.395. The van der Waals surface area contributed by atoms with Crippen LogP contribution in [0.5, 0.6) is 5.75 Å². The van der Waals surface area contributed by atoms with E-state index in [0.717, 1.165) is 35.8 Å². The number of nitrogens with zero attached hydrogens (tertiary/aromatic N) is 1. The molecular formula is C24H25NO2. The number of methoxy groups -OCH3 is 1. The molecule has 2 aromatic carbocycles. The zero-order chi connectivity index (χ0) is 18.4. The van der Waals surface area contributed by atoms with Gasteiger partial charge in [0.05, 0.1) is 13.2 Å². The molecule has 0 aliphatic carbocycles. The van der Waals surface area contributed by atoms with E-state index in [1.54, 1.807) is 7.11 Å². The van der Waals surface area contributed by atoms with Gasteiger partial charge in [-0.25, -0.2) is 0 Å². The molecule has 2 aliphatic rings. The molecule has 27 heavy (non-hydrogen) atoms. The van der Waals surface area contributed by atoms with Crippen molar-refractivity contribution in [3.8, 4) is 17.1 Å². The lowest BCUT2D eigenvalue weighted by atomic mass is 9.90. The molecule has 2 aliphatic heterocycles. The number of para-hydroxylation sites is 1. The monoisotopic (exact) mass is 359 g/mol. The molecule has 1 fully saturated rings. The molecule has 1 saturated heterocycles. The molecule has 0 radical (unpaired) electrons. The van der Waals surface area contributed by atoms with Crippen LogP contribution < -0.4 is 9.64 Å². The molecular weight excluding hydrogens is 334 g/mol. The molecule has 0 amide bonds. The summed E-state index contributed by atoms with van der Waals surface area (Å²) in [5.41, 5.74) is 6.72. The van der Waals surface area contributed by atoms with Gasteiger partial charge in [0.1, 0.15) is 17.3 Å². The number of ether oxygens (including phenoxy) is 1. The van der Waals surface area contributed by atoms with E-state index in [1.807, 2.05) is 12.1 Å². The fourth-order valence-electron chi connectivity index (χ4n) is 4.78. The van der Waals surface area contributed by atoms with Gasteiger partial charge in [-0.3, -0.25) is 0 Å². The van der Waals surface area contributed by atoms with Crippen molar-refractivity contribution in [2.24, 2.45) is 0 Å². The summed E-state index contributed by atoms with van der Waals surface area (Å²) in [4.78, 5) is 2.62. The average molecular weight is 359 g/mol. The van der Waals surface area contributed by atoms with Crippen molar-refractivity contribution in [3.05, 3.63) is 71.0 Å². The first-order valence-electron chi connectivity index (χ1n) is 9.87. The van der Waals surface area contributed by atoms with Crippen LogP contribution in [-0.2, 0) is 6.42 Å². The van der Waals surface area contributed by atoms with Crippen molar-refractivity contribution >= 4 is 5.69 Å². The molecule has 1 atom stereocenters. The number of hydrogen-bond acceptors (Lipinski definition) is 3. The average Bonchev–Trinajstić information content (AvgIpc) is 2.96. The number of furan rings is 1. The zero-order valence-electron chi connectivity index (χ0n) is 16.0. The lowest BCUT2D eigenvalue weighted by Crippen LogP contribution is -2.33. The summed E-state index contributed by atoms with van der Waals surface area (Å²) >= 11 is 0. The Balaban J connectivity index is 1.70. The molecule has 1 aromatic heterocycles. The smallest absolute Gasteiger partial charge is 0.139 e. The van der Waals surface area contributed by atoms with E-state index in [1.165, 1.54) is 41.6 Å². The molecule has 0 N–H and O–H groups in total. The summed E-state index contributed by atoms with van der Waals surface area (Å²) in [5, 5.41) is 0. The van der Waals surface area contributed by atoms with Crippen molar-refractivity contribution in [2.45, 2.75) is 38.6 Å². The third-order valence-electron chi connectivity index (χ3n) is 6.11. The van der Waals surface area contributed by atoms with E-state index in [9.17, 15) is 0 Å². The van der Waals surface area contributed by atoms with Gasteiger partial charge in [0, 0.05) is 35.3 Å². The van der Waals surface area contributed by atoms with Crippen molar-refractivity contribution < 1.29 is 9.15 Å². The Morgan fingerprint density at radius 2 is 1.85 bits per heavy atom. The molecule has 0 spiro atoms. The summed E-state index contributed by atoms with van der Waals surface area (Å²) < 4.78 is 11.7. The minimum Gasteiger partial charge on any atom is -0.497 e. The topological polar surface area (TPSA) is 25.6 Å². The van der Waals surface area contributed by atoms with Gasteiger partial charge in [-0.1, -0.05) is 18.2 Å². The van der Waals surface area contributed by atoms with Crippen LogP contribution in [0.3, 0.4) is 0 Å². The first-order valence-corrected chi connectivity index (χ1v) is 9.87. The van der Waals surface area contributed by atoms with Crippen LogP contribution in [-0.4, -0.2) is 13.7 Å². The number of rotatable bonds is 2. The summed E-state index contributed by atoms with van der Waals surface area (Å²) in [5.74, 6) is 2.97. The second-order valence-corrected chi connectivity index (χ2v) is 7.62. The molecule has 5 rings (SSSR count). The van der Waals surface area contributed by atoms with E-state index in [4.69, 9.17) is 9.15 Å². The summed E-state index contributed by atoms with van der Waals surface area (Å²) in [7, 11) is 1.70. The number of anilines is 1. The molecule has 3 heteroatoms. The zero-order valence-corrected chi connectivity index (χ0v) is 16.0. The van der Waals surface area contributed by atoms with E-state index in [0.29, 0.717) is 6.04 Å². The normalized spacial score (nSPS) is 18.3. The van der Waals surface area contributed by atoms with E-state index < -0.39 is 0 Å². The standard InChI is InChI=1S/C24H25NO2/c1-16-20-15-18-7-3-4-8-21(18)25-14-6-5-9-22(25)23(20)24(27-16)17-10-12-19(26-2)13-11-17/h3-4,7-8,10-13,22H,5-6,9,14-15H2,1-2H3. The second-order valence-electron chi connectivity index (χ2n) is 7.62. The Morgan fingerprint density at radius 1 is 1.04 bits per heavy atom. The Kier molecular flexibility index (Phi) is 3.96. The van der Waals surface area contributed by atoms with Crippen molar-refractivity contribution in [1.82, 2.24) is 0 Å². The van der Waals surface area contributed by atoms with Crippen LogP contribution in [0.25, 0.3) is 11.3 Å². The SMILES string of the molecule is COc1ccc(-c2oc(C)c3c2C2CCCCN2c2ccccc2C3)cc1. The number of fused-ring (bicyclic) bond motifs is 5. The molecule has 1 unspecified atom stereocenters. The van der Waals surface area contributed by atoms with Gasteiger partial charge in [-0.05, 0) is 62.1 Å². The maximum atomic E-state index is 6.38. The van der Waals surface area contributed by atoms with Gasteiger partial charge in [0.25, 0.3) is 0 Å². The Labute approximate surface area is 160 Å². The lowest BCUT2D eigenvalue weighted by molar-refractivity contribution is 0.415. The van der Waals surface area contributed by atoms with E-state index in [-0.39, 0.29) is 0 Å². The van der Waals surface area contributed by atoms with Crippen LogP contribution in [0.1, 0.15) is 47.8 Å². The number of aryl methyl sites for hydroxylation is 1. The molecule has 138 valence electrons. The highest BCUT2D eigenvalue weighted by molar-refractivity contribution is 5.70. The molecule has 0 bridgehead atoms. The van der Waals surface area contributed by atoms with Gasteiger partial charge >= 0.3 is 0 Å². The molecule has 3 nitrogen and oxygen atoms in total. The minimum absolute atomic E-state index is 0.395. The van der Waals surface area contributed by atoms with Crippen molar-refractivity contribution in [1.29, 1.82) is 0 Å². The van der Waals surface area contributed by atoms with Crippen LogP contribution >= 0.6 is 0 Å². The highest BCUT2D eigenvalue weighted by Crippen LogP contribution is 2.47. The first-order chi connectivity index (χ1) is 13.3. The summed E-state index contributed by atoms with van der Waals surface area (Å²) in [6, 6.07) is 17.5. The van der Waals surface area contributed by atoms with Crippen LogP contribution in [0.4, 0.5) is 5.69 Å². The maximum absolute atomic E-state index is 6.38. The first kappa shape index (κ1) is 16.5. The van der Waals surface area contributed by atoms with Crippen LogP contribution in [0, 0.1) is 6.92 Å². The highest BCUT2D eigenvalue weighted by atomic mass is 16.5. The van der Waals surface area contributed by atoms with Gasteiger partial charge in [-0.2, -0.15) is 0 Å². The fourth-order valence-corrected chi connectivity index (χ4v) is 4.78. The number of benzene rings is 2. The quantitative estimate of drug-likeness (QED) is 0.570. The third kappa shape index (κ3) is 2.64. The highest BCUT2D eigenvalue weighted by Gasteiger charge is 2.35. The summed E-state index contributed by atoms with van der Waals surface area (Å²) in [6.45, 7) is 3.24. The maximum Gasteiger partial charge on any atom is 0.139 e. The predicted octanol–water partition coefficient (Wildman–Crippen LogP) is 5.90. The summed E-state index contributed by atoms with van der Waals surface area (Å²) in [6.07, 6.45) is 4.66. The Hall–Kier alpha value is -2.68. The van der Waals surface area contributed by atoms with Gasteiger partial charge in [0.2, 0.25) is 0 Å². The number of hydrogen-bond donors (Lipinski definition) is 0. The molecule has 3 heterocycles. The van der Waals surface area contributed by atoms with Crippen LogP contribution in [0.15, 0.2) is 52.9 Å². The van der Waals surface area contributed by atoms with E-state index >= 15 is 0 Å². The largest absolute Gasteiger partial charge is 0.497 e. The van der Waals surface area contributed by atoms with Crippen LogP contribution in [0.2, 0.25) is 0 Å². The fraction of sp³-hybridized carbons (Fsp3) is 0.333. The van der Waals surface area contributed by atoms with Gasteiger partial charge < -0.3 is 14.1 Å². The Morgan fingerprint density at radius 3 is 2.67 bits per heavy atom. The number of piperidine rings is 1. The van der Waals surface area contributed by atoms with Gasteiger partial charge in [0.15, 0.2) is 0 Å². The Bertz CT molecular complexity index is 971. The van der Waals surface area contributed by atoms with E-state index in [2.05, 4.69) is 48.2 Å². The van der Waals surface area contributed by atoms with Gasteiger partial charge in [-0.15, -0.1) is 0 Å². The second kappa shape index (κ2) is 6.49.